The number of ether oxygens (including phenoxy) is 2. The third-order valence-corrected chi connectivity index (χ3v) is 4.84. The number of aryl methyl sites for hydroxylation is 1. The maximum Gasteiger partial charge on any atom is 0.242 e. The summed E-state index contributed by atoms with van der Waals surface area (Å²) in [5, 5.41) is 7.42. The lowest BCUT2D eigenvalue weighted by Crippen LogP contribution is -2.49. The molecule has 2 fully saturated rings. The summed E-state index contributed by atoms with van der Waals surface area (Å²) < 4.78 is 12.7. The second-order valence-electron chi connectivity index (χ2n) is 6.52. The van der Waals surface area contributed by atoms with Crippen LogP contribution in [-0.4, -0.2) is 48.2 Å². The Morgan fingerprint density at radius 2 is 2.09 bits per heavy atom. The highest BCUT2D eigenvalue weighted by molar-refractivity contribution is 5.76. The fourth-order valence-corrected chi connectivity index (χ4v) is 3.63. The first kappa shape index (κ1) is 16.3. The molecule has 0 saturated carbocycles. The maximum atomic E-state index is 12.4. The number of nitrogens with zero attached hydrogens (tertiary/aromatic N) is 2. The van der Waals surface area contributed by atoms with Crippen LogP contribution < -0.4 is 11.1 Å². The van der Waals surface area contributed by atoms with Crippen LogP contribution >= 0.6 is 0 Å². The van der Waals surface area contributed by atoms with Gasteiger partial charge >= 0.3 is 0 Å². The first-order chi connectivity index (χ1) is 11.1. The van der Waals surface area contributed by atoms with Gasteiger partial charge in [-0.05, 0) is 32.1 Å². The molecule has 3 rings (SSSR count). The number of rotatable bonds is 4. The summed E-state index contributed by atoms with van der Waals surface area (Å²) in [4.78, 5) is 12.4. The van der Waals surface area contributed by atoms with Gasteiger partial charge in [0, 0.05) is 37.8 Å². The van der Waals surface area contributed by atoms with E-state index in [1.54, 1.807) is 10.7 Å². The van der Waals surface area contributed by atoms with E-state index in [9.17, 15) is 4.79 Å². The van der Waals surface area contributed by atoms with Gasteiger partial charge in [-0.1, -0.05) is 0 Å². The van der Waals surface area contributed by atoms with Crippen LogP contribution in [0.25, 0.3) is 0 Å². The zero-order valence-electron chi connectivity index (χ0n) is 13.7. The Balaban J connectivity index is 1.59. The topological polar surface area (TPSA) is 91.4 Å². The van der Waals surface area contributed by atoms with E-state index in [2.05, 4.69) is 10.4 Å². The molecule has 128 valence electrons. The Labute approximate surface area is 136 Å². The van der Waals surface area contributed by atoms with Crippen molar-refractivity contribution >= 4 is 11.7 Å². The number of hydrogen-bond donors (Lipinski definition) is 2. The van der Waals surface area contributed by atoms with E-state index in [0.29, 0.717) is 24.3 Å². The monoisotopic (exact) mass is 322 g/mol. The van der Waals surface area contributed by atoms with Gasteiger partial charge in [0.05, 0.1) is 12.3 Å². The second-order valence-corrected chi connectivity index (χ2v) is 6.52. The van der Waals surface area contributed by atoms with Crippen molar-refractivity contribution in [1.29, 1.82) is 0 Å². The number of nitrogens with two attached hydrogens (primary N) is 1. The molecule has 3 N–H and O–H groups in total. The van der Waals surface area contributed by atoms with Gasteiger partial charge in [-0.15, -0.1) is 0 Å². The number of carbonyl (C=O) groups is 1. The van der Waals surface area contributed by atoms with E-state index in [-0.39, 0.29) is 18.5 Å². The van der Waals surface area contributed by atoms with Crippen molar-refractivity contribution in [2.45, 2.75) is 38.8 Å². The predicted molar refractivity (Wildman–Crippen MR) is 85.8 cm³/mol. The molecule has 23 heavy (non-hydrogen) atoms. The molecular weight excluding hydrogens is 296 g/mol. The number of aromatic nitrogens is 2. The molecule has 0 bridgehead atoms. The van der Waals surface area contributed by atoms with Gasteiger partial charge in [0.1, 0.15) is 12.4 Å². The normalized spacial score (nSPS) is 26.1. The Kier molecular flexibility index (Phi) is 5.17. The van der Waals surface area contributed by atoms with Crippen LogP contribution in [0.3, 0.4) is 0 Å². The van der Waals surface area contributed by atoms with Gasteiger partial charge in [-0.25, -0.2) is 4.68 Å². The molecule has 1 aromatic heterocycles. The first-order valence-corrected chi connectivity index (χ1v) is 8.38. The van der Waals surface area contributed by atoms with Crippen LogP contribution in [-0.2, 0) is 20.8 Å². The van der Waals surface area contributed by atoms with Gasteiger partial charge < -0.3 is 20.5 Å². The molecular formula is C16H26N4O3. The van der Waals surface area contributed by atoms with E-state index in [1.807, 2.05) is 6.92 Å². The van der Waals surface area contributed by atoms with Crippen molar-refractivity contribution in [2.24, 2.45) is 11.8 Å². The predicted octanol–water partition coefficient (Wildman–Crippen LogP) is 0.722. The number of nitrogen functional groups attached to an aromatic ring is 1. The fraction of sp³-hybridized carbons (Fsp3) is 0.750. The van der Waals surface area contributed by atoms with Crippen LogP contribution in [0.5, 0.6) is 0 Å². The highest BCUT2D eigenvalue weighted by Crippen LogP contribution is 2.30. The standard InChI is InChI=1S/C16H26N4O3/c1-11-8-15(17)20(19-11)9-16(21)18-14-4-7-23-10-13(14)12-2-5-22-6-3-12/h8,12-14H,2-7,9-10,17H2,1H3,(H,18,21)/t13-,14-/m1/s1. The number of hydrogen-bond acceptors (Lipinski definition) is 5. The summed E-state index contributed by atoms with van der Waals surface area (Å²) in [5.74, 6) is 1.41. The third-order valence-electron chi connectivity index (χ3n) is 4.84. The summed E-state index contributed by atoms with van der Waals surface area (Å²) in [7, 11) is 0. The molecule has 0 unspecified atom stereocenters. The molecule has 2 aliphatic heterocycles. The quantitative estimate of drug-likeness (QED) is 0.852. The van der Waals surface area contributed by atoms with Crippen molar-refractivity contribution in [3.05, 3.63) is 11.8 Å². The zero-order chi connectivity index (χ0) is 16.2. The van der Waals surface area contributed by atoms with Crippen molar-refractivity contribution in [3.63, 3.8) is 0 Å². The minimum absolute atomic E-state index is 0.0382. The number of nitrogens with one attached hydrogen (secondary N) is 1. The van der Waals surface area contributed by atoms with Crippen LogP contribution in [0.1, 0.15) is 25.0 Å². The summed E-state index contributed by atoms with van der Waals surface area (Å²) in [6.45, 7) is 5.07. The molecule has 2 saturated heterocycles. The van der Waals surface area contributed by atoms with E-state index < -0.39 is 0 Å². The van der Waals surface area contributed by atoms with E-state index in [4.69, 9.17) is 15.2 Å². The minimum atomic E-state index is -0.0382. The Morgan fingerprint density at radius 3 is 2.78 bits per heavy atom. The Bertz CT molecular complexity index is 539. The average Bonchev–Trinajstić information content (AvgIpc) is 2.86. The first-order valence-electron chi connectivity index (χ1n) is 8.38. The molecule has 7 nitrogen and oxygen atoms in total. The lowest BCUT2D eigenvalue weighted by Gasteiger charge is -2.39. The molecule has 0 radical (unpaired) electrons. The van der Waals surface area contributed by atoms with Crippen molar-refractivity contribution in [1.82, 2.24) is 15.1 Å². The number of anilines is 1. The zero-order valence-corrected chi connectivity index (χ0v) is 13.7. The molecule has 0 spiro atoms. The van der Waals surface area contributed by atoms with Gasteiger partial charge in [-0.2, -0.15) is 5.10 Å². The summed E-state index contributed by atoms with van der Waals surface area (Å²) in [6, 6.07) is 1.93. The number of amides is 1. The molecule has 0 aromatic carbocycles. The van der Waals surface area contributed by atoms with Crippen molar-refractivity contribution in [3.8, 4) is 0 Å². The smallest absolute Gasteiger partial charge is 0.242 e. The lowest BCUT2D eigenvalue weighted by molar-refractivity contribution is -0.124. The largest absolute Gasteiger partial charge is 0.384 e. The van der Waals surface area contributed by atoms with Crippen LogP contribution in [0.4, 0.5) is 5.82 Å². The molecule has 1 amide bonds. The molecule has 3 heterocycles. The van der Waals surface area contributed by atoms with Crippen molar-refractivity contribution < 1.29 is 14.3 Å². The van der Waals surface area contributed by atoms with Crippen LogP contribution in [0, 0.1) is 18.8 Å². The summed E-state index contributed by atoms with van der Waals surface area (Å²) in [5.41, 5.74) is 6.67. The second kappa shape index (κ2) is 7.31. The summed E-state index contributed by atoms with van der Waals surface area (Å²) in [6.07, 6.45) is 2.96. The highest BCUT2D eigenvalue weighted by Gasteiger charge is 2.34. The van der Waals surface area contributed by atoms with Gasteiger partial charge in [0.25, 0.3) is 0 Å². The molecule has 1 aromatic rings. The SMILES string of the molecule is Cc1cc(N)n(CC(=O)N[C@@H]2CCOC[C@@H]2C2CCOCC2)n1. The van der Waals surface area contributed by atoms with E-state index >= 15 is 0 Å². The van der Waals surface area contributed by atoms with Gasteiger partial charge in [0.2, 0.25) is 5.91 Å². The van der Waals surface area contributed by atoms with E-state index in [1.165, 1.54) is 0 Å². The van der Waals surface area contributed by atoms with Crippen LogP contribution in [0.2, 0.25) is 0 Å². The average molecular weight is 322 g/mol. The summed E-state index contributed by atoms with van der Waals surface area (Å²) >= 11 is 0. The Hall–Kier alpha value is -1.60. The molecule has 2 aliphatic rings. The highest BCUT2D eigenvalue weighted by atomic mass is 16.5. The van der Waals surface area contributed by atoms with E-state index in [0.717, 1.165) is 44.8 Å². The fourth-order valence-electron chi connectivity index (χ4n) is 3.63. The maximum absolute atomic E-state index is 12.4. The lowest BCUT2D eigenvalue weighted by atomic mass is 9.79. The minimum Gasteiger partial charge on any atom is -0.384 e. The third kappa shape index (κ3) is 4.03. The van der Waals surface area contributed by atoms with Gasteiger partial charge in [0.15, 0.2) is 0 Å². The van der Waals surface area contributed by atoms with Crippen LogP contribution in [0.15, 0.2) is 6.07 Å². The molecule has 2 atom stereocenters. The van der Waals surface area contributed by atoms with Gasteiger partial charge in [-0.3, -0.25) is 4.79 Å². The van der Waals surface area contributed by atoms with Crippen molar-refractivity contribution in [2.75, 3.05) is 32.2 Å². The molecule has 7 heteroatoms. The Morgan fingerprint density at radius 1 is 1.35 bits per heavy atom. The number of carbonyl (C=O) groups excluding carboxylic acids is 1. The molecule has 0 aliphatic carbocycles.